The van der Waals surface area contributed by atoms with Gasteiger partial charge in [-0.05, 0) is 30.0 Å². The Kier molecular flexibility index (Phi) is 4.28. The molecule has 3 atom stereocenters. The molecule has 128 valence electrons. The van der Waals surface area contributed by atoms with Gasteiger partial charge in [0.25, 0.3) is 0 Å². The van der Waals surface area contributed by atoms with Crippen molar-refractivity contribution in [1.29, 1.82) is 0 Å². The van der Waals surface area contributed by atoms with Gasteiger partial charge < -0.3 is 4.90 Å². The fraction of sp³-hybridized carbons (Fsp3) is 0.318. The highest BCUT2D eigenvalue weighted by Crippen LogP contribution is 2.55. The standard InChI is InChI=1S/C22H22BrNO/c1-22-14-8-7-12-18(22)20(17-11-5-6-13-19(17)23)24(21(22)25)15-16-9-3-2-4-10-16/h2-7,9-13,18,20H,8,14-15H2,1H3/t18-,20-,22+/m0/s1. The van der Waals surface area contributed by atoms with Crippen LogP contribution in [0.5, 0.6) is 0 Å². The number of hydrogen-bond acceptors (Lipinski definition) is 1. The molecular weight excluding hydrogens is 374 g/mol. The van der Waals surface area contributed by atoms with Gasteiger partial charge in [-0.3, -0.25) is 4.79 Å². The SMILES string of the molecule is C[C@@]12CCC=C[C@H]1[C@H](c1ccccc1Br)N(Cc1ccccc1)C2=O. The molecule has 2 aliphatic rings. The number of amides is 1. The fourth-order valence-corrected chi connectivity index (χ4v) is 4.90. The number of rotatable bonds is 3. The van der Waals surface area contributed by atoms with Crippen LogP contribution < -0.4 is 0 Å². The molecule has 25 heavy (non-hydrogen) atoms. The molecule has 0 aromatic heterocycles. The van der Waals surface area contributed by atoms with Crippen molar-refractivity contribution < 1.29 is 4.79 Å². The number of benzene rings is 2. The third kappa shape index (κ3) is 2.75. The van der Waals surface area contributed by atoms with Crippen LogP contribution in [0.3, 0.4) is 0 Å². The highest BCUT2D eigenvalue weighted by Gasteiger charge is 2.56. The highest BCUT2D eigenvalue weighted by molar-refractivity contribution is 9.10. The second kappa shape index (κ2) is 6.45. The van der Waals surface area contributed by atoms with Gasteiger partial charge >= 0.3 is 0 Å². The van der Waals surface area contributed by atoms with Gasteiger partial charge in [0, 0.05) is 16.9 Å². The zero-order valence-corrected chi connectivity index (χ0v) is 15.9. The number of nitrogens with zero attached hydrogens (tertiary/aromatic N) is 1. The van der Waals surface area contributed by atoms with Gasteiger partial charge in [0.05, 0.1) is 11.5 Å². The summed E-state index contributed by atoms with van der Waals surface area (Å²) in [7, 11) is 0. The highest BCUT2D eigenvalue weighted by atomic mass is 79.9. The normalized spacial score (nSPS) is 28.2. The third-order valence-corrected chi connectivity index (χ3v) is 6.48. The monoisotopic (exact) mass is 395 g/mol. The van der Waals surface area contributed by atoms with Crippen LogP contribution in [0.25, 0.3) is 0 Å². The van der Waals surface area contributed by atoms with Crippen molar-refractivity contribution in [2.75, 3.05) is 0 Å². The lowest BCUT2D eigenvalue weighted by atomic mass is 9.69. The predicted molar refractivity (Wildman–Crippen MR) is 104 cm³/mol. The largest absolute Gasteiger partial charge is 0.330 e. The number of likely N-dealkylation sites (tertiary alicyclic amines) is 1. The second-order valence-electron chi connectivity index (χ2n) is 7.30. The predicted octanol–water partition coefficient (Wildman–Crippen LogP) is 5.51. The van der Waals surface area contributed by atoms with Crippen LogP contribution in [0.2, 0.25) is 0 Å². The summed E-state index contributed by atoms with van der Waals surface area (Å²) in [5, 5.41) is 0. The molecule has 2 aromatic carbocycles. The Morgan fingerprint density at radius 2 is 1.84 bits per heavy atom. The van der Waals surface area contributed by atoms with Crippen molar-refractivity contribution in [3.8, 4) is 0 Å². The van der Waals surface area contributed by atoms with E-state index >= 15 is 0 Å². The average Bonchev–Trinajstić information content (AvgIpc) is 2.85. The van der Waals surface area contributed by atoms with E-state index in [0.717, 1.165) is 17.3 Å². The van der Waals surface area contributed by atoms with E-state index in [0.29, 0.717) is 6.54 Å². The average molecular weight is 396 g/mol. The van der Waals surface area contributed by atoms with Gasteiger partial charge in [0.15, 0.2) is 0 Å². The first-order chi connectivity index (χ1) is 12.1. The van der Waals surface area contributed by atoms with E-state index in [9.17, 15) is 4.79 Å². The first-order valence-electron chi connectivity index (χ1n) is 8.87. The Balaban J connectivity index is 1.80. The summed E-state index contributed by atoms with van der Waals surface area (Å²) in [5.74, 6) is 0.502. The number of carbonyl (C=O) groups is 1. The van der Waals surface area contributed by atoms with E-state index in [4.69, 9.17) is 0 Å². The molecule has 0 spiro atoms. The molecule has 1 aliphatic carbocycles. The molecule has 0 unspecified atom stereocenters. The van der Waals surface area contributed by atoms with Gasteiger partial charge in [-0.2, -0.15) is 0 Å². The van der Waals surface area contributed by atoms with Crippen molar-refractivity contribution in [3.63, 3.8) is 0 Å². The minimum Gasteiger partial charge on any atom is -0.330 e. The van der Waals surface area contributed by atoms with Crippen LogP contribution in [-0.2, 0) is 11.3 Å². The maximum Gasteiger partial charge on any atom is 0.230 e. The van der Waals surface area contributed by atoms with E-state index in [1.165, 1.54) is 11.1 Å². The van der Waals surface area contributed by atoms with Gasteiger partial charge in [0.2, 0.25) is 5.91 Å². The lowest BCUT2D eigenvalue weighted by Gasteiger charge is -2.32. The smallest absolute Gasteiger partial charge is 0.230 e. The molecule has 1 saturated heterocycles. The maximum absolute atomic E-state index is 13.4. The molecule has 0 bridgehead atoms. The first kappa shape index (κ1) is 16.6. The minimum atomic E-state index is -0.302. The Morgan fingerprint density at radius 1 is 1.12 bits per heavy atom. The van der Waals surface area contributed by atoms with Gasteiger partial charge in [-0.1, -0.05) is 83.5 Å². The number of fused-ring (bicyclic) bond motifs is 1. The van der Waals surface area contributed by atoms with Crippen molar-refractivity contribution in [1.82, 2.24) is 4.90 Å². The molecule has 1 aliphatic heterocycles. The lowest BCUT2D eigenvalue weighted by Crippen LogP contribution is -2.34. The molecule has 1 amide bonds. The molecular formula is C22H22BrNO. The Morgan fingerprint density at radius 3 is 2.60 bits per heavy atom. The van der Waals surface area contributed by atoms with Crippen LogP contribution in [-0.4, -0.2) is 10.8 Å². The molecule has 0 radical (unpaired) electrons. The zero-order chi connectivity index (χ0) is 17.4. The van der Waals surface area contributed by atoms with Crippen molar-refractivity contribution in [2.24, 2.45) is 11.3 Å². The maximum atomic E-state index is 13.4. The molecule has 1 heterocycles. The third-order valence-electron chi connectivity index (χ3n) is 5.75. The summed E-state index contributed by atoms with van der Waals surface area (Å²) in [6.45, 7) is 2.81. The van der Waals surface area contributed by atoms with E-state index in [2.05, 4.69) is 70.2 Å². The molecule has 2 nitrogen and oxygen atoms in total. The van der Waals surface area contributed by atoms with Crippen molar-refractivity contribution in [2.45, 2.75) is 32.4 Å². The molecule has 4 rings (SSSR count). The van der Waals surface area contributed by atoms with Crippen LogP contribution >= 0.6 is 15.9 Å². The number of carbonyl (C=O) groups excluding carboxylic acids is 1. The van der Waals surface area contributed by atoms with Crippen molar-refractivity contribution in [3.05, 3.63) is 82.3 Å². The van der Waals surface area contributed by atoms with Crippen molar-refractivity contribution >= 4 is 21.8 Å². The first-order valence-corrected chi connectivity index (χ1v) is 9.66. The van der Waals surface area contributed by atoms with Gasteiger partial charge in [-0.15, -0.1) is 0 Å². The zero-order valence-electron chi connectivity index (χ0n) is 14.4. The second-order valence-corrected chi connectivity index (χ2v) is 8.15. The summed E-state index contributed by atoms with van der Waals surface area (Å²) in [5.41, 5.74) is 2.08. The quantitative estimate of drug-likeness (QED) is 0.627. The minimum absolute atomic E-state index is 0.0739. The molecule has 0 saturated carbocycles. The molecule has 1 fully saturated rings. The van der Waals surface area contributed by atoms with Gasteiger partial charge in [-0.25, -0.2) is 0 Å². The van der Waals surface area contributed by atoms with E-state index in [1.54, 1.807) is 0 Å². The lowest BCUT2D eigenvalue weighted by molar-refractivity contribution is -0.137. The topological polar surface area (TPSA) is 20.3 Å². The summed E-state index contributed by atoms with van der Waals surface area (Å²) in [4.78, 5) is 15.5. The fourth-order valence-electron chi connectivity index (χ4n) is 4.38. The number of halogens is 1. The Bertz CT molecular complexity index is 816. The summed E-state index contributed by atoms with van der Waals surface area (Å²) in [6.07, 6.45) is 6.44. The van der Waals surface area contributed by atoms with Crippen LogP contribution in [0, 0.1) is 11.3 Å². The van der Waals surface area contributed by atoms with Crippen LogP contribution in [0.15, 0.2) is 71.2 Å². The molecule has 0 N–H and O–H groups in total. The number of allylic oxidation sites excluding steroid dienone is 1. The molecule has 2 aromatic rings. The van der Waals surface area contributed by atoms with Crippen LogP contribution in [0.4, 0.5) is 0 Å². The Labute approximate surface area is 157 Å². The van der Waals surface area contributed by atoms with E-state index in [-0.39, 0.29) is 23.3 Å². The summed E-state index contributed by atoms with van der Waals surface area (Å²) < 4.78 is 1.08. The van der Waals surface area contributed by atoms with Crippen LogP contribution in [0.1, 0.15) is 36.9 Å². The van der Waals surface area contributed by atoms with E-state index < -0.39 is 0 Å². The molecule has 3 heteroatoms. The van der Waals surface area contributed by atoms with Gasteiger partial charge in [0.1, 0.15) is 0 Å². The van der Waals surface area contributed by atoms with E-state index in [1.807, 2.05) is 24.3 Å². The Hall–Kier alpha value is -1.87. The number of hydrogen-bond donors (Lipinski definition) is 0. The summed E-state index contributed by atoms with van der Waals surface area (Å²) >= 11 is 3.71. The summed E-state index contributed by atoms with van der Waals surface area (Å²) in [6, 6.07) is 18.7.